The molecule has 0 bridgehead atoms. The lowest BCUT2D eigenvalue weighted by atomic mass is 10.1. The van der Waals surface area contributed by atoms with E-state index >= 15 is 0 Å². The van der Waals surface area contributed by atoms with Crippen LogP contribution in [0.4, 0.5) is 0 Å². The molecule has 0 fully saturated rings. The molecule has 0 aliphatic heterocycles. The molecule has 0 saturated carbocycles. The minimum absolute atomic E-state index is 0.317. The molecule has 0 spiro atoms. The number of esters is 1. The van der Waals surface area contributed by atoms with Crippen LogP contribution in [-0.2, 0) is 9.53 Å². The summed E-state index contributed by atoms with van der Waals surface area (Å²) in [5, 5.41) is 0.473. The zero-order chi connectivity index (χ0) is 11.3. The van der Waals surface area contributed by atoms with Crippen LogP contribution in [0, 0.1) is 0 Å². The highest BCUT2D eigenvalue weighted by atomic mass is 79.9. The topological polar surface area (TPSA) is 26.3 Å². The number of methoxy groups -OCH3 is 1. The van der Waals surface area contributed by atoms with E-state index in [1.807, 2.05) is 24.3 Å². The van der Waals surface area contributed by atoms with Crippen molar-refractivity contribution >= 4 is 43.9 Å². The summed E-state index contributed by atoms with van der Waals surface area (Å²) in [5.74, 6) is -0.317. The highest BCUT2D eigenvalue weighted by Crippen LogP contribution is 2.19. The van der Waals surface area contributed by atoms with Gasteiger partial charge in [-0.1, -0.05) is 50.1 Å². The number of carbonyl (C=O) groups excluding carboxylic acids is 1. The van der Waals surface area contributed by atoms with E-state index in [0.717, 1.165) is 10.0 Å². The van der Waals surface area contributed by atoms with Crippen molar-refractivity contribution in [2.45, 2.75) is 0 Å². The summed E-state index contributed by atoms with van der Waals surface area (Å²) < 4.78 is 5.61. The normalized spacial score (nSPS) is 11.3. The van der Waals surface area contributed by atoms with Gasteiger partial charge in [-0.3, -0.25) is 0 Å². The van der Waals surface area contributed by atoms with Crippen molar-refractivity contribution in [3.63, 3.8) is 0 Å². The zero-order valence-corrected chi connectivity index (χ0v) is 11.3. The molecule has 2 nitrogen and oxygen atoms in total. The van der Waals surface area contributed by atoms with Crippen LogP contribution in [-0.4, -0.2) is 18.4 Å². The van der Waals surface area contributed by atoms with Crippen LogP contribution < -0.4 is 0 Å². The van der Waals surface area contributed by atoms with Crippen molar-refractivity contribution in [1.29, 1.82) is 0 Å². The van der Waals surface area contributed by atoms with Crippen molar-refractivity contribution in [3.8, 4) is 0 Å². The summed E-state index contributed by atoms with van der Waals surface area (Å²) >= 11 is 6.67. The molecular weight excluding hydrogens is 324 g/mol. The molecule has 0 aromatic heterocycles. The molecule has 0 aliphatic carbocycles. The Morgan fingerprint density at radius 3 is 2.67 bits per heavy atom. The molecule has 0 N–H and O–H groups in total. The standard InChI is InChI=1S/C11H10Br2O2/c1-15-11(14)9(7-12)6-8-4-2-3-5-10(8)13/h2-6H,7H2,1H3/b9-6+. The first-order valence-corrected chi connectivity index (χ1v) is 6.20. The number of benzene rings is 1. The fraction of sp³-hybridized carbons (Fsp3) is 0.182. The molecule has 15 heavy (non-hydrogen) atoms. The Morgan fingerprint density at radius 2 is 2.13 bits per heavy atom. The van der Waals surface area contributed by atoms with Gasteiger partial charge in [0.15, 0.2) is 0 Å². The first kappa shape index (κ1) is 12.5. The van der Waals surface area contributed by atoms with Gasteiger partial charge < -0.3 is 4.74 Å². The third-order valence-corrected chi connectivity index (χ3v) is 3.15. The van der Waals surface area contributed by atoms with Crippen molar-refractivity contribution in [1.82, 2.24) is 0 Å². The fourth-order valence-corrected chi connectivity index (χ4v) is 1.85. The second-order valence-electron chi connectivity index (χ2n) is 2.82. The van der Waals surface area contributed by atoms with Crippen LogP contribution in [0.3, 0.4) is 0 Å². The highest BCUT2D eigenvalue weighted by Gasteiger charge is 2.08. The smallest absolute Gasteiger partial charge is 0.334 e. The SMILES string of the molecule is COC(=O)/C(=C/c1ccccc1Br)CBr. The maximum atomic E-state index is 11.3. The lowest BCUT2D eigenvalue weighted by Crippen LogP contribution is -2.05. The van der Waals surface area contributed by atoms with E-state index < -0.39 is 0 Å². The maximum absolute atomic E-state index is 11.3. The van der Waals surface area contributed by atoms with E-state index in [0.29, 0.717) is 10.9 Å². The van der Waals surface area contributed by atoms with Gasteiger partial charge in [-0.15, -0.1) is 0 Å². The van der Waals surface area contributed by atoms with Crippen LogP contribution in [0.25, 0.3) is 6.08 Å². The van der Waals surface area contributed by atoms with Crippen LogP contribution in [0.2, 0.25) is 0 Å². The van der Waals surface area contributed by atoms with Crippen LogP contribution in [0.5, 0.6) is 0 Å². The average Bonchev–Trinajstić information content (AvgIpc) is 2.27. The molecular formula is C11H10Br2O2. The van der Waals surface area contributed by atoms with Crippen molar-refractivity contribution < 1.29 is 9.53 Å². The Labute approximate surface area is 106 Å². The molecule has 4 heteroatoms. The second-order valence-corrected chi connectivity index (χ2v) is 4.23. The molecule has 0 saturated heterocycles. The monoisotopic (exact) mass is 332 g/mol. The zero-order valence-electron chi connectivity index (χ0n) is 8.17. The molecule has 0 radical (unpaired) electrons. The minimum atomic E-state index is -0.317. The van der Waals surface area contributed by atoms with Crippen molar-refractivity contribution in [3.05, 3.63) is 39.9 Å². The molecule has 0 amide bonds. The molecule has 0 atom stereocenters. The third kappa shape index (κ3) is 3.47. The van der Waals surface area contributed by atoms with E-state index in [1.165, 1.54) is 7.11 Å². The molecule has 80 valence electrons. The van der Waals surface area contributed by atoms with Gasteiger partial charge in [-0.25, -0.2) is 4.79 Å². The quantitative estimate of drug-likeness (QED) is 0.481. The van der Waals surface area contributed by atoms with Gasteiger partial charge in [0.2, 0.25) is 0 Å². The highest BCUT2D eigenvalue weighted by molar-refractivity contribution is 9.10. The first-order chi connectivity index (χ1) is 7.19. The van der Waals surface area contributed by atoms with Crippen molar-refractivity contribution in [2.75, 3.05) is 12.4 Å². The van der Waals surface area contributed by atoms with Crippen molar-refractivity contribution in [2.24, 2.45) is 0 Å². The van der Waals surface area contributed by atoms with E-state index in [-0.39, 0.29) is 5.97 Å². The van der Waals surface area contributed by atoms with E-state index in [9.17, 15) is 4.79 Å². The summed E-state index contributed by atoms with van der Waals surface area (Å²) in [5.41, 5.74) is 1.54. The molecule has 1 aromatic carbocycles. The van der Waals surface area contributed by atoms with E-state index in [4.69, 9.17) is 0 Å². The number of ether oxygens (including phenoxy) is 1. The third-order valence-electron chi connectivity index (χ3n) is 1.83. The van der Waals surface area contributed by atoms with Crippen LogP contribution in [0.1, 0.15) is 5.56 Å². The Bertz CT molecular complexity index is 386. The average molecular weight is 334 g/mol. The predicted molar refractivity (Wildman–Crippen MR) is 67.9 cm³/mol. The van der Waals surface area contributed by atoms with Gasteiger partial charge in [0, 0.05) is 15.4 Å². The largest absolute Gasteiger partial charge is 0.466 e. The van der Waals surface area contributed by atoms with E-state index in [2.05, 4.69) is 36.6 Å². The number of hydrogen-bond donors (Lipinski definition) is 0. The lowest BCUT2D eigenvalue weighted by molar-refractivity contribution is -0.135. The number of hydrogen-bond acceptors (Lipinski definition) is 2. The molecule has 1 rings (SSSR count). The fourth-order valence-electron chi connectivity index (χ4n) is 1.06. The van der Waals surface area contributed by atoms with Gasteiger partial charge in [-0.2, -0.15) is 0 Å². The Balaban J connectivity index is 3.03. The molecule has 0 heterocycles. The molecule has 0 unspecified atom stereocenters. The molecule has 0 aliphatic rings. The predicted octanol–water partition coefficient (Wildman–Crippen LogP) is 3.40. The number of rotatable bonds is 3. The van der Waals surface area contributed by atoms with E-state index in [1.54, 1.807) is 6.08 Å². The Morgan fingerprint density at radius 1 is 1.47 bits per heavy atom. The number of alkyl halides is 1. The summed E-state index contributed by atoms with van der Waals surface area (Å²) in [4.78, 5) is 11.3. The Kier molecular flexibility index (Phi) is 5.05. The van der Waals surface area contributed by atoms with Gasteiger partial charge >= 0.3 is 5.97 Å². The first-order valence-electron chi connectivity index (χ1n) is 4.28. The number of carbonyl (C=O) groups is 1. The van der Waals surface area contributed by atoms with Crippen LogP contribution >= 0.6 is 31.9 Å². The summed E-state index contributed by atoms with van der Waals surface area (Å²) in [6.07, 6.45) is 1.80. The minimum Gasteiger partial charge on any atom is -0.466 e. The maximum Gasteiger partial charge on any atom is 0.334 e. The van der Waals surface area contributed by atoms with Gasteiger partial charge in [-0.05, 0) is 17.7 Å². The lowest BCUT2D eigenvalue weighted by Gasteiger charge is -2.02. The summed E-state index contributed by atoms with van der Waals surface area (Å²) in [7, 11) is 1.37. The summed E-state index contributed by atoms with van der Waals surface area (Å²) in [6.45, 7) is 0. The second kappa shape index (κ2) is 6.08. The van der Waals surface area contributed by atoms with Gasteiger partial charge in [0.25, 0.3) is 0 Å². The number of halogens is 2. The van der Waals surface area contributed by atoms with Gasteiger partial charge in [0.1, 0.15) is 0 Å². The van der Waals surface area contributed by atoms with Gasteiger partial charge in [0.05, 0.1) is 7.11 Å². The van der Waals surface area contributed by atoms with Crippen LogP contribution in [0.15, 0.2) is 34.3 Å². The summed E-state index contributed by atoms with van der Waals surface area (Å²) in [6, 6.07) is 7.69. The molecule has 1 aromatic rings. The Hall–Kier alpha value is -0.610.